The topological polar surface area (TPSA) is 67.0 Å². The van der Waals surface area contributed by atoms with E-state index in [0.717, 1.165) is 35.2 Å². The molecule has 3 rings (SSSR count). The van der Waals surface area contributed by atoms with Gasteiger partial charge in [-0.1, -0.05) is 28.1 Å². The van der Waals surface area contributed by atoms with Gasteiger partial charge in [0.2, 0.25) is 0 Å². The van der Waals surface area contributed by atoms with Crippen LogP contribution in [0.3, 0.4) is 0 Å². The molecule has 0 radical (unpaired) electrons. The van der Waals surface area contributed by atoms with Gasteiger partial charge >= 0.3 is 0 Å². The first-order valence-corrected chi connectivity index (χ1v) is 7.73. The van der Waals surface area contributed by atoms with Gasteiger partial charge in [0.1, 0.15) is 5.69 Å². The Balaban J connectivity index is 1.63. The lowest BCUT2D eigenvalue weighted by atomic mass is 10.1. The Morgan fingerprint density at radius 1 is 1.43 bits per heavy atom. The summed E-state index contributed by atoms with van der Waals surface area (Å²) in [5.74, 6) is -0.152. The molecule has 1 aliphatic heterocycles. The van der Waals surface area contributed by atoms with Crippen LogP contribution in [0.5, 0.6) is 0 Å². The second-order valence-corrected chi connectivity index (χ2v) is 5.93. The maximum atomic E-state index is 12.1. The first kappa shape index (κ1) is 14.3. The van der Waals surface area contributed by atoms with Crippen LogP contribution in [0.4, 0.5) is 0 Å². The fourth-order valence-electron chi connectivity index (χ4n) is 2.31. The predicted octanol–water partition coefficient (Wildman–Crippen LogP) is 2.75. The van der Waals surface area contributed by atoms with E-state index in [2.05, 4.69) is 31.4 Å². The molecule has 1 amide bonds. The number of aromatic amines is 1. The largest absolute Gasteiger partial charge is 0.376 e. The van der Waals surface area contributed by atoms with Crippen molar-refractivity contribution in [2.24, 2.45) is 0 Å². The average molecular weight is 350 g/mol. The molecule has 0 spiro atoms. The van der Waals surface area contributed by atoms with Crippen molar-refractivity contribution >= 4 is 21.8 Å². The van der Waals surface area contributed by atoms with Crippen molar-refractivity contribution in [3.8, 4) is 11.3 Å². The maximum Gasteiger partial charge on any atom is 0.269 e. The minimum Gasteiger partial charge on any atom is -0.376 e. The zero-order valence-electron chi connectivity index (χ0n) is 11.4. The first-order valence-electron chi connectivity index (χ1n) is 6.93. The van der Waals surface area contributed by atoms with Crippen LogP contribution in [-0.2, 0) is 4.74 Å². The van der Waals surface area contributed by atoms with Crippen molar-refractivity contribution in [3.63, 3.8) is 0 Å². The van der Waals surface area contributed by atoms with E-state index < -0.39 is 0 Å². The third-order valence-corrected chi connectivity index (χ3v) is 4.01. The molecule has 6 heteroatoms. The molecule has 1 aromatic carbocycles. The van der Waals surface area contributed by atoms with E-state index in [9.17, 15) is 4.79 Å². The molecule has 21 heavy (non-hydrogen) atoms. The number of amides is 1. The highest BCUT2D eigenvalue weighted by Crippen LogP contribution is 2.20. The number of ether oxygens (including phenoxy) is 1. The number of nitrogens with one attached hydrogen (secondary N) is 2. The van der Waals surface area contributed by atoms with E-state index in [-0.39, 0.29) is 12.0 Å². The standard InChI is InChI=1S/C15H16BrN3O2/c16-11-5-3-10(4-6-11)13-8-14(19-18-13)15(20)17-9-12-2-1-7-21-12/h3-6,8,12H,1-2,7,9H2,(H,17,20)(H,18,19)/t12-/m1/s1. The van der Waals surface area contributed by atoms with Gasteiger partial charge in [-0.15, -0.1) is 0 Å². The highest BCUT2D eigenvalue weighted by Gasteiger charge is 2.17. The van der Waals surface area contributed by atoms with Gasteiger partial charge in [0.25, 0.3) is 5.91 Å². The van der Waals surface area contributed by atoms with Gasteiger partial charge in [-0.2, -0.15) is 5.10 Å². The van der Waals surface area contributed by atoms with Crippen LogP contribution in [0.15, 0.2) is 34.8 Å². The number of hydrogen-bond donors (Lipinski definition) is 2. The Morgan fingerprint density at radius 2 is 2.24 bits per heavy atom. The minimum atomic E-state index is -0.152. The summed E-state index contributed by atoms with van der Waals surface area (Å²) in [6, 6.07) is 9.55. The Hall–Kier alpha value is -1.66. The lowest BCUT2D eigenvalue weighted by Crippen LogP contribution is -2.31. The van der Waals surface area contributed by atoms with E-state index in [0.29, 0.717) is 12.2 Å². The summed E-state index contributed by atoms with van der Waals surface area (Å²) >= 11 is 3.39. The Bertz CT molecular complexity index is 618. The number of carbonyl (C=O) groups excluding carboxylic acids is 1. The molecule has 5 nitrogen and oxygen atoms in total. The second kappa shape index (κ2) is 6.41. The van der Waals surface area contributed by atoms with Gasteiger partial charge in [-0.25, -0.2) is 0 Å². The fourth-order valence-corrected chi connectivity index (χ4v) is 2.58. The van der Waals surface area contributed by atoms with E-state index in [1.807, 2.05) is 24.3 Å². The molecule has 2 heterocycles. The molecule has 110 valence electrons. The summed E-state index contributed by atoms with van der Waals surface area (Å²) in [5, 5.41) is 9.84. The Morgan fingerprint density at radius 3 is 2.95 bits per heavy atom. The summed E-state index contributed by atoms with van der Waals surface area (Å²) in [7, 11) is 0. The number of halogens is 1. The highest BCUT2D eigenvalue weighted by atomic mass is 79.9. The molecule has 1 aromatic heterocycles. The maximum absolute atomic E-state index is 12.1. The first-order chi connectivity index (χ1) is 10.2. The molecule has 0 saturated carbocycles. The van der Waals surface area contributed by atoms with Crippen LogP contribution in [0.2, 0.25) is 0 Å². The summed E-state index contributed by atoms with van der Waals surface area (Å²) < 4.78 is 6.49. The van der Waals surface area contributed by atoms with E-state index in [1.165, 1.54) is 0 Å². The number of aromatic nitrogens is 2. The molecule has 0 bridgehead atoms. The van der Waals surface area contributed by atoms with E-state index in [4.69, 9.17) is 4.74 Å². The van der Waals surface area contributed by atoms with Crippen LogP contribution < -0.4 is 5.32 Å². The lowest BCUT2D eigenvalue weighted by molar-refractivity contribution is 0.0853. The molecule has 0 aliphatic carbocycles. The fraction of sp³-hybridized carbons (Fsp3) is 0.333. The molecule has 1 fully saturated rings. The van der Waals surface area contributed by atoms with E-state index >= 15 is 0 Å². The summed E-state index contributed by atoms with van der Waals surface area (Å²) in [4.78, 5) is 12.1. The van der Waals surface area contributed by atoms with Crippen LogP contribution in [0.1, 0.15) is 23.3 Å². The molecule has 1 saturated heterocycles. The smallest absolute Gasteiger partial charge is 0.269 e. The quantitative estimate of drug-likeness (QED) is 0.891. The van der Waals surface area contributed by atoms with E-state index in [1.54, 1.807) is 6.07 Å². The Kier molecular flexibility index (Phi) is 4.36. The normalized spacial score (nSPS) is 17.9. The van der Waals surface area contributed by atoms with Gasteiger partial charge in [-0.3, -0.25) is 9.89 Å². The molecular weight excluding hydrogens is 334 g/mol. The molecule has 2 aromatic rings. The third-order valence-electron chi connectivity index (χ3n) is 3.48. The van der Waals surface area contributed by atoms with Crippen LogP contribution in [-0.4, -0.2) is 35.4 Å². The summed E-state index contributed by atoms with van der Waals surface area (Å²) in [5.41, 5.74) is 2.18. The third kappa shape index (κ3) is 3.51. The summed E-state index contributed by atoms with van der Waals surface area (Å²) in [6.45, 7) is 1.34. The van der Waals surface area contributed by atoms with Crippen molar-refractivity contribution in [2.75, 3.05) is 13.2 Å². The van der Waals surface area contributed by atoms with Gasteiger partial charge in [-0.05, 0) is 31.0 Å². The SMILES string of the molecule is O=C(NC[C@H]1CCCO1)c1cc(-c2ccc(Br)cc2)n[nH]1. The van der Waals surface area contributed by atoms with Gasteiger partial charge in [0.15, 0.2) is 0 Å². The number of hydrogen-bond acceptors (Lipinski definition) is 3. The average Bonchev–Trinajstić information content (AvgIpc) is 3.17. The monoisotopic (exact) mass is 349 g/mol. The number of H-pyrrole nitrogens is 1. The van der Waals surface area contributed by atoms with Crippen LogP contribution in [0, 0.1) is 0 Å². The minimum absolute atomic E-state index is 0.141. The van der Waals surface area contributed by atoms with Crippen molar-refractivity contribution in [3.05, 3.63) is 40.5 Å². The van der Waals surface area contributed by atoms with Crippen LogP contribution >= 0.6 is 15.9 Å². The number of nitrogens with zero attached hydrogens (tertiary/aromatic N) is 1. The predicted molar refractivity (Wildman–Crippen MR) is 83.0 cm³/mol. The number of benzene rings is 1. The molecular formula is C15H16BrN3O2. The number of rotatable bonds is 4. The van der Waals surface area contributed by atoms with Crippen molar-refractivity contribution < 1.29 is 9.53 Å². The van der Waals surface area contributed by atoms with Crippen molar-refractivity contribution in [1.29, 1.82) is 0 Å². The zero-order chi connectivity index (χ0) is 14.7. The summed E-state index contributed by atoms with van der Waals surface area (Å²) in [6.07, 6.45) is 2.22. The van der Waals surface area contributed by atoms with Gasteiger partial charge in [0, 0.05) is 23.2 Å². The zero-order valence-corrected chi connectivity index (χ0v) is 13.0. The van der Waals surface area contributed by atoms with Crippen LogP contribution in [0.25, 0.3) is 11.3 Å². The highest BCUT2D eigenvalue weighted by molar-refractivity contribution is 9.10. The second-order valence-electron chi connectivity index (χ2n) is 5.02. The molecule has 1 aliphatic rings. The molecule has 1 atom stereocenters. The Labute approximate surface area is 131 Å². The van der Waals surface area contributed by atoms with Crippen molar-refractivity contribution in [2.45, 2.75) is 18.9 Å². The molecule has 2 N–H and O–H groups in total. The van der Waals surface area contributed by atoms with Gasteiger partial charge in [0.05, 0.1) is 11.8 Å². The number of carbonyl (C=O) groups is 1. The van der Waals surface area contributed by atoms with Crippen molar-refractivity contribution in [1.82, 2.24) is 15.5 Å². The molecule has 0 unspecified atom stereocenters. The van der Waals surface area contributed by atoms with Gasteiger partial charge < -0.3 is 10.1 Å². The lowest BCUT2D eigenvalue weighted by Gasteiger charge is -2.09.